The van der Waals surface area contributed by atoms with Gasteiger partial charge in [-0.25, -0.2) is 0 Å². The molecule has 0 radical (unpaired) electrons. The van der Waals surface area contributed by atoms with Crippen LogP contribution in [0.15, 0.2) is 11.1 Å². The first-order valence-electron chi connectivity index (χ1n) is 6.77. The maximum Gasteiger partial charge on any atom is 0.146 e. The van der Waals surface area contributed by atoms with Gasteiger partial charge in [-0.05, 0) is 49.5 Å². The molecular formula is C15H22O2. The lowest BCUT2D eigenvalue weighted by atomic mass is 9.78. The molecule has 0 saturated heterocycles. The predicted molar refractivity (Wildman–Crippen MR) is 66.5 cm³/mol. The molecule has 3 atom stereocenters. The summed E-state index contributed by atoms with van der Waals surface area (Å²) in [6.45, 7) is 6.80. The first-order valence-corrected chi connectivity index (χ1v) is 6.77. The van der Waals surface area contributed by atoms with Crippen molar-refractivity contribution in [2.24, 2.45) is 22.7 Å². The standard InChI is InChI=1S/C15H22O2/c1-14(2)6-10-11(7-14)13(17)15(3)5-4-9(8-16)12(10)15/h10-11,16H,4-8H2,1-3H3. The minimum absolute atomic E-state index is 0.155. The molecule has 3 unspecified atom stereocenters. The number of carbonyl (C=O) groups excluding carboxylic acids is 1. The van der Waals surface area contributed by atoms with Gasteiger partial charge >= 0.3 is 0 Å². The predicted octanol–water partition coefficient (Wildman–Crippen LogP) is 2.71. The average molecular weight is 234 g/mol. The van der Waals surface area contributed by atoms with E-state index < -0.39 is 0 Å². The van der Waals surface area contributed by atoms with Crippen molar-refractivity contribution >= 4 is 5.78 Å². The van der Waals surface area contributed by atoms with Gasteiger partial charge < -0.3 is 5.11 Å². The molecule has 3 aliphatic rings. The number of aliphatic hydroxyl groups excluding tert-OH is 1. The van der Waals surface area contributed by atoms with E-state index in [1.54, 1.807) is 0 Å². The second-order valence-corrected chi connectivity index (χ2v) is 7.16. The topological polar surface area (TPSA) is 37.3 Å². The zero-order valence-corrected chi connectivity index (χ0v) is 11.0. The summed E-state index contributed by atoms with van der Waals surface area (Å²) in [5.41, 5.74) is 2.58. The Morgan fingerprint density at radius 1 is 1.24 bits per heavy atom. The van der Waals surface area contributed by atoms with Crippen molar-refractivity contribution in [2.75, 3.05) is 6.61 Å². The Labute approximate surface area is 103 Å². The van der Waals surface area contributed by atoms with Crippen LogP contribution in [0, 0.1) is 22.7 Å². The van der Waals surface area contributed by atoms with Crippen molar-refractivity contribution in [3.05, 3.63) is 11.1 Å². The Balaban J connectivity index is 2.08. The smallest absolute Gasteiger partial charge is 0.146 e. The highest BCUT2D eigenvalue weighted by molar-refractivity contribution is 5.95. The SMILES string of the molecule is CC1(C)CC2C(=O)C3(C)CCC(CO)=C3C2C1. The number of hydrogen-bond acceptors (Lipinski definition) is 2. The number of hydrogen-bond donors (Lipinski definition) is 1. The third-order valence-corrected chi connectivity index (χ3v) is 5.38. The average Bonchev–Trinajstić information content (AvgIpc) is 2.79. The molecule has 3 aliphatic carbocycles. The van der Waals surface area contributed by atoms with Gasteiger partial charge in [-0.15, -0.1) is 0 Å². The Hall–Kier alpha value is -0.630. The number of ketones is 1. The summed E-state index contributed by atoms with van der Waals surface area (Å²) < 4.78 is 0. The van der Waals surface area contributed by atoms with Crippen LogP contribution in [0.2, 0.25) is 0 Å². The molecule has 17 heavy (non-hydrogen) atoms. The van der Waals surface area contributed by atoms with Gasteiger partial charge in [-0.1, -0.05) is 19.4 Å². The first-order chi connectivity index (χ1) is 7.89. The molecule has 2 nitrogen and oxygen atoms in total. The van der Waals surface area contributed by atoms with E-state index in [9.17, 15) is 9.90 Å². The summed E-state index contributed by atoms with van der Waals surface area (Å²) in [4.78, 5) is 12.6. The molecule has 0 aromatic carbocycles. The number of allylic oxidation sites excluding steroid dienone is 1. The molecular weight excluding hydrogens is 212 g/mol. The molecule has 2 heteroatoms. The van der Waals surface area contributed by atoms with E-state index in [1.807, 2.05) is 0 Å². The zero-order valence-electron chi connectivity index (χ0n) is 11.0. The van der Waals surface area contributed by atoms with Gasteiger partial charge in [0, 0.05) is 11.3 Å². The minimum Gasteiger partial charge on any atom is -0.392 e. The Morgan fingerprint density at radius 3 is 2.53 bits per heavy atom. The van der Waals surface area contributed by atoms with Crippen molar-refractivity contribution in [3.63, 3.8) is 0 Å². The Kier molecular flexibility index (Phi) is 2.17. The lowest BCUT2D eigenvalue weighted by Gasteiger charge is -2.25. The van der Waals surface area contributed by atoms with E-state index in [4.69, 9.17) is 0 Å². The van der Waals surface area contributed by atoms with Crippen molar-refractivity contribution in [1.82, 2.24) is 0 Å². The van der Waals surface area contributed by atoms with Gasteiger partial charge in [0.2, 0.25) is 0 Å². The lowest BCUT2D eigenvalue weighted by Crippen LogP contribution is -2.26. The van der Waals surface area contributed by atoms with Crippen LogP contribution in [0.5, 0.6) is 0 Å². The second-order valence-electron chi connectivity index (χ2n) is 7.16. The summed E-state index contributed by atoms with van der Waals surface area (Å²) in [6, 6.07) is 0. The van der Waals surface area contributed by atoms with E-state index in [0.29, 0.717) is 17.1 Å². The Bertz CT molecular complexity index is 419. The fourth-order valence-electron chi connectivity index (χ4n) is 4.70. The normalized spacial score (nSPS) is 43.2. The Morgan fingerprint density at radius 2 is 1.88 bits per heavy atom. The fraction of sp³-hybridized carbons (Fsp3) is 0.800. The van der Waals surface area contributed by atoms with E-state index >= 15 is 0 Å². The molecule has 0 aromatic rings. The van der Waals surface area contributed by atoms with Crippen LogP contribution in [0.3, 0.4) is 0 Å². The van der Waals surface area contributed by atoms with Gasteiger partial charge in [0.15, 0.2) is 0 Å². The largest absolute Gasteiger partial charge is 0.392 e. The van der Waals surface area contributed by atoms with E-state index in [0.717, 1.165) is 25.7 Å². The number of aliphatic hydroxyl groups is 1. The molecule has 94 valence electrons. The highest BCUT2D eigenvalue weighted by atomic mass is 16.3. The molecule has 0 heterocycles. The molecule has 0 bridgehead atoms. The van der Waals surface area contributed by atoms with Crippen molar-refractivity contribution in [1.29, 1.82) is 0 Å². The third-order valence-electron chi connectivity index (χ3n) is 5.38. The van der Waals surface area contributed by atoms with Crippen LogP contribution in [0.25, 0.3) is 0 Å². The number of carbonyl (C=O) groups is 1. The number of fused-ring (bicyclic) bond motifs is 3. The lowest BCUT2D eigenvalue weighted by molar-refractivity contribution is -0.127. The van der Waals surface area contributed by atoms with Crippen LogP contribution in [-0.2, 0) is 4.79 Å². The number of Topliss-reactive ketones (excluding diaryl/α,β-unsaturated/α-hetero) is 1. The van der Waals surface area contributed by atoms with Crippen molar-refractivity contribution in [2.45, 2.75) is 46.5 Å². The zero-order chi connectivity index (χ0) is 12.4. The molecule has 3 rings (SSSR count). The van der Waals surface area contributed by atoms with E-state index in [-0.39, 0.29) is 17.9 Å². The molecule has 0 amide bonds. The highest BCUT2D eigenvalue weighted by Gasteiger charge is 2.60. The van der Waals surface area contributed by atoms with Crippen LogP contribution in [0.1, 0.15) is 46.5 Å². The summed E-state index contributed by atoms with van der Waals surface area (Å²) in [7, 11) is 0. The van der Waals surface area contributed by atoms with Crippen molar-refractivity contribution < 1.29 is 9.90 Å². The minimum atomic E-state index is -0.218. The molecule has 0 spiro atoms. The highest BCUT2D eigenvalue weighted by Crippen LogP contribution is 2.63. The van der Waals surface area contributed by atoms with Gasteiger partial charge in [-0.2, -0.15) is 0 Å². The van der Waals surface area contributed by atoms with Crippen LogP contribution < -0.4 is 0 Å². The van der Waals surface area contributed by atoms with E-state index in [2.05, 4.69) is 20.8 Å². The van der Waals surface area contributed by atoms with Gasteiger partial charge in [-0.3, -0.25) is 4.79 Å². The fourth-order valence-corrected chi connectivity index (χ4v) is 4.70. The second kappa shape index (κ2) is 3.23. The maximum atomic E-state index is 12.6. The quantitative estimate of drug-likeness (QED) is 0.708. The van der Waals surface area contributed by atoms with Crippen molar-refractivity contribution in [3.8, 4) is 0 Å². The van der Waals surface area contributed by atoms with Gasteiger partial charge in [0.25, 0.3) is 0 Å². The summed E-state index contributed by atoms with van der Waals surface area (Å²) >= 11 is 0. The van der Waals surface area contributed by atoms with Crippen LogP contribution in [-0.4, -0.2) is 17.5 Å². The molecule has 0 aliphatic heterocycles. The summed E-state index contributed by atoms with van der Waals surface area (Å²) in [5.74, 6) is 1.14. The van der Waals surface area contributed by atoms with Crippen LogP contribution >= 0.6 is 0 Å². The first kappa shape index (κ1) is 11.5. The maximum absolute atomic E-state index is 12.6. The monoisotopic (exact) mass is 234 g/mol. The summed E-state index contributed by atoms with van der Waals surface area (Å²) in [6.07, 6.45) is 4.02. The van der Waals surface area contributed by atoms with Gasteiger partial charge in [0.1, 0.15) is 5.78 Å². The van der Waals surface area contributed by atoms with E-state index in [1.165, 1.54) is 11.1 Å². The third kappa shape index (κ3) is 1.33. The summed E-state index contributed by atoms with van der Waals surface area (Å²) in [5, 5.41) is 9.49. The molecule has 2 saturated carbocycles. The molecule has 1 N–H and O–H groups in total. The molecule has 2 fully saturated rings. The van der Waals surface area contributed by atoms with Gasteiger partial charge in [0.05, 0.1) is 6.61 Å². The molecule has 0 aromatic heterocycles. The van der Waals surface area contributed by atoms with Crippen LogP contribution in [0.4, 0.5) is 0 Å². The number of rotatable bonds is 1.